The molecule has 4 nitrogen and oxygen atoms in total. The van der Waals surface area contributed by atoms with Crippen LogP contribution in [0.5, 0.6) is 0 Å². The third-order valence-corrected chi connectivity index (χ3v) is 4.35. The number of hydrogen-bond donors (Lipinski definition) is 2. The molecule has 0 spiro atoms. The van der Waals surface area contributed by atoms with Gasteiger partial charge in [-0.1, -0.05) is 30.3 Å². The molecule has 1 aromatic carbocycles. The number of carbonyl (C=O) groups is 1. The first-order valence-electron chi connectivity index (χ1n) is 6.53. The molecule has 1 saturated heterocycles. The van der Waals surface area contributed by atoms with Gasteiger partial charge in [-0.2, -0.15) is 11.8 Å². The lowest BCUT2D eigenvalue weighted by molar-refractivity contribution is -0.124. The van der Waals surface area contributed by atoms with Crippen molar-refractivity contribution in [3.8, 4) is 0 Å². The topological polar surface area (TPSA) is 52.6 Å². The van der Waals surface area contributed by atoms with E-state index in [0.29, 0.717) is 12.6 Å². The van der Waals surface area contributed by atoms with Crippen LogP contribution in [0.3, 0.4) is 0 Å². The highest BCUT2D eigenvalue weighted by Gasteiger charge is 2.23. The number of amides is 1. The fourth-order valence-corrected chi connectivity index (χ4v) is 3.32. The Labute approximate surface area is 118 Å². The van der Waals surface area contributed by atoms with Gasteiger partial charge in [-0.05, 0) is 5.56 Å². The Kier molecular flexibility index (Phi) is 5.69. The summed E-state index contributed by atoms with van der Waals surface area (Å²) in [7, 11) is 0. The van der Waals surface area contributed by atoms with Crippen molar-refractivity contribution in [2.45, 2.75) is 12.6 Å². The number of nitrogens with one attached hydrogen (secondary N) is 1. The Bertz CT molecular complexity index is 400. The van der Waals surface area contributed by atoms with Crippen molar-refractivity contribution in [3.05, 3.63) is 35.9 Å². The SMILES string of the molecule is O=C(CO)NCC1CSCCN1Cc1ccccc1. The van der Waals surface area contributed by atoms with Crippen LogP contribution >= 0.6 is 11.8 Å². The fraction of sp³-hybridized carbons (Fsp3) is 0.500. The van der Waals surface area contributed by atoms with Gasteiger partial charge in [-0.15, -0.1) is 0 Å². The maximum atomic E-state index is 11.1. The van der Waals surface area contributed by atoms with Crippen molar-refractivity contribution in [3.63, 3.8) is 0 Å². The number of thioether (sulfide) groups is 1. The van der Waals surface area contributed by atoms with E-state index in [-0.39, 0.29) is 5.91 Å². The van der Waals surface area contributed by atoms with Gasteiger partial charge in [0.25, 0.3) is 0 Å². The van der Waals surface area contributed by atoms with E-state index in [1.807, 2.05) is 17.8 Å². The molecule has 104 valence electrons. The van der Waals surface area contributed by atoms with E-state index in [1.165, 1.54) is 5.56 Å². The van der Waals surface area contributed by atoms with Gasteiger partial charge in [-0.25, -0.2) is 0 Å². The van der Waals surface area contributed by atoms with E-state index in [0.717, 1.165) is 24.6 Å². The summed E-state index contributed by atoms with van der Waals surface area (Å²) < 4.78 is 0. The number of hydrogen-bond acceptors (Lipinski definition) is 4. The summed E-state index contributed by atoms with van der Waals surface area (Å²) in [6.45, 7) is 2.14. The average molecular weight is 280 g/mol. The molecule has 0 aliphatic carbocycles. The van der Waals surface area contributed by atoms with E-state index in [9.17, 15) is 4.79 Å². The van der Waals surface area contributed by atoms with Crippen molar-refractivity contribution < 1.29 is 9.90 Å². The largest absolute Gasteiger partial charge is 0.387 e. The van der Waals surface area contributed by atoms with E-state index in [4.69, 9.17) is 5.11 Å². The van der Waals surface area contributed by atoms with Crippen molar-refractivity contribution in [2.75, 3.05) is 31.2 Å². The van der Waals surface area contributed by atoms with Gasteiger partial charge in [-0.3, -0.25) is 9.69 Å². The summed E-state index contributed by atoms with van der Waals surface area (Å²) in [4.78, 5) is 13.5. The molecule has 1 amide bonds. The Hall–Kier alpha value is -1.04. The molecule has 1 unspecified atom stereocenters. The zero-order chi connectivity index (χ0) is 13.5. The van der Waals surface area contributed by atoms with E-state index in [2.05, 4.69) is 34.5 Å². The molecule has 1 aromatic rings. The third kappa shape index (κ3) is 4.53. The number of aliphatic hydroxyl groups is 1. The van der Waals surface area contributed by atoms with Gasteiger partial charge in [0.15, 0.2) is 0 Å². The van der Waals surface area contributed by atoms with Crippen LogP contribution in [0.4, 0.5) is 0 Å². The second kappa shape index (κ2) is 7.53. The molecule has 1 atom stereocenters. The highest BCUT2D eigenvalue weighted by molar-refractivity contribution is 7.99. The molecule has 2 rings (SSSR count). The third-order valence-electron chi connectivity index (χ3n) is 3.26. The Morgan fingerprint density at radius 2 is 2.21 bits per heavy atom. The summed E-state index contributed by atoms with van der Waals surface area (Å²) in [6, 6.07) is 10.7. The Morgan fingerprint density at radius 3 is 2.95 bits per heavy atom. The lowest BCUT2D eigenvalue weighted by atomic mass is 10.1. The fourth-order valence-electron chi connectivity index (χ4n) is 2.19. The Morgan fingerprint density at radius 1 is 1.42 bits per heavy atom. The highest BCUT2D eigenvalue weighted by atomic mass is 32.2. The van der Waals surface area contributed by atoms with E-state index < -0.39 is 6.61 Å². The summed E-state index contributed by atoms with van der Waals surface area (Å²) in [5, 5.41) is 11.5. The first kappa shape index (κ1) is 14.4. The predicted octanol–water partition coefficient (Wildman–Crippen LogP) is 0.712. The first-order valence-corrected chi connectivity index (χ1v) is 7.68. The molecule has 0 saturated carbocycles. The molecule has 2 N–H and O–H groups in total. The molecular formula is C14H20N2O2S. The summed E-state index contributed by atoms with van der Waals surface area (Å²) in [6.07, 6.45) is 0. The van der Waals surface area contributed by atoms with E-state index >= 15 is 0 Å². The minimum atomic E-state index is -0.432. The molecule has 1 heterocycles. The van der Waals surface area contributed by atoms with E-state index in [1.54, 1.807) is 0 Å². The lowest BCUT2D eigenvalue weighted by Crippen LogP contribution is -2.48. The van der Waals surface area contributed by atoms with Crippen molar-refractivity contribution in [1.29, 1.82) is 0 Å². The van der Waals surface area contributed by atoms with Crippen molar-refractivity contribution in [2.24, 2.45) is 0 Å². The predicted molar refractivity (Wildman–Crippen MR) is 78.1 cm³/mol. The van der Waals surface area contributed by atoms with Crippen LogP contribution in [0.25, 0.3) is 0 Å². The van der Waals surface area contributed by atoms with Gasteiger partial charge < -0.3 is 10.4 Å². The molecule has 19 heavy (non-hydrogen) atoms. The minimum Gasteiger partial charge on any atom is -0.387 e. The van der Waals surface area contributed by atoms with Crippen LogP contribution in [0.1, 0.15) is 5.56 Å². The van der Waals surface area contributed by atoms with Gasteiger partial charge in [0.1, 0.15) is 6.61 Å². The molecule has 1 fully saturated rings. The summed E-state index contributed by atoms with van der Waals surface area (Å²) in [5.41, 5.74) is 1.30. The zero-order valence-electron chi connectivity index (χ0n) is 10.9. The van der Waals surface area contributed by atoms with Crippen molar-refractivity contribution >= 4 is 17.7 Å². The number of nitrogens with zero attached hydrogens (tertiary/aromatic N) is 1. The molecular weight excluding hydrogens is 260 g/mol. The Balaban J connectivity index is 1.90. The second-order valence-corrected chi connectivity index (χ2v) is 5.80. The van der Waals surface area contributed by atoms with Crippen LogP contribution in [0.15, 0.2) is 30.3 Å². The molecule has 1 aliphatic rings. The van der Waals surface area contributed by atoms with Crippen LogP contribution in [-0.4, -0.2) is 53.2 Å². The monoisotopic (exact) mass is 280 g/mol. The van der Waals surface area contributed by atoms with Gasteiger partial charge in [0, 0.05) is 37.2 Å². The van der Waals surface area contributed by atoms with Gasteiger partial charge >= 0.3 is 0 Å². The second-order valence-electron chi connectivity index (χ2n) is 4.65. The maximum Gasteiger partial charge on any atom is 0.245 e. The molecule has 0 bridgehead atoms. The normalized spacial score (nSPS) is 20.2. The minimum absolute atomic E-state index is 0.296. The number of aliphatic hydroxyl groups excluding tert-OH is 1. The summed E-state index contributed by atoms with van der Waals surface area (Å²) in [5.74, 6) is 1.87. The number of benzene rings is 1. The molecule has 0 aromatic heterocycles. The van der Waals surface area contributed by atoms with Crippen LogP contribution in [0.2, 0.25) is 0 Å². The molecule has 5 heteroatoms. The number of rotatable bonds is 5. The molecule has 1 aliphatic heterocycles. The van der Waals surface area contributed by atoms with Gasteiger partial charge in [0.05, 0.1) is 0 Å². The van der Waals surface area contributed by atoms with Gasteiger partial charge in [0.2, 0.25) is 5.91 Å². The summed E-state index contributed by atoms with van der Waals surface area (Å²) >= 11 is 1.92. The number of carbonyl (C=O) groups excluding carboxylic acids is 1. The van der Waals surface area contributed by atoms with Crippen LogP contribution < -0.4 is 5.32 Å². The smallest absolute Gasteiger partial charge is 0.245 e. The zero-order valence-corrected chi connectivity index (χ0v) is 11.7. The van der Waals surface area contributed by atoms with Crippen LogP contribution in [0, 0.1) is 0 Å². The quantitative estimate of drug-likeness (QED) is 0.834. The first-order chi connectivity index (χ1) is 9.29. The maximum absolute atomic E-state index is 11.1. The highest BCUT2D eigenvalue weighted by Crippen LogP contribution is 2.18. The average Bonchev–Trinajstić information content (AvgIpc) is 2.47. The standard InChI is InChI=1S/C14H20N2O2S/c17-10-14(18)15-8-13-11-19-7-6-16(13)9-12-4-2-1-3-5-12/h1-5,13,17H,6-11H2,(H,15,18). The van der Waals surface area contributed by atoms with Crippen molar-refractivity contribution in [1.82, 2.24) is 10.2 Å². The molecule has 0 radical (unpaired) electrons. The van der Waals surface area contributed by atoms with Crippen LogP contribution in [-0.2, 0) is 11.3 Å². The lowest BCUT2D eigenvalue weighted by Gasteiger charge is -2.35.